The number of rotatable bonds is 11. The van der Waals surface area contributed by atoms with Crippen LogP contribution in [0.5, 0.6) is 0 Å². The second-order valence-corrected chi connectivity index (χ2v) is 11.7. The number of benzene rings is 1. The van der Waals surface area contributed by atoms with Crippen molar-refractivity contribution in [1.82, 2.24) is 25.0 Å². The van der Waals surface area contributed by atoms with Gasteiger partial charge in [-0.3, -0.25) is 9.59 Å². The van der Waals surface area contributed by atoms with E-state index in [1.54, 1.807) is 0 Å². The number of aromatic nitrogens is 1. The number of nitrogens with zero attached hydrogens (tertiary/aromatic N) is 4. The third-order valence-electron chi connectivity index (χ3n) is 6.94. The van der Waals surface area contributed by atoms with Crippen molar-refractivity contribution in [3.05, 3.63) is 36.0 Å². The van der Waals surface area contributed by atoms with Crippen molar-refractivity contribution in [2.24, 2.45) is 11.8 Å². The molecule has 0 radical (unpaired) electrons. The van der Waals surface area contributed by atoms with E-state index in [9.17, 15) is 14.9 Å². The Morgan fingerprint density at radius 1 is 1.10 bits per heavy atom. The van der Waals surface area contributed by atoms with Crippen LogP contribution in [0.4, 0.5) is 0 Å². The second-order valence-electron chi connectivity index (χ2n) is 11.3. The van der Waals surface area contributed by atoms with Crippen molar-refractivity contribution in [3.8, 4) is 6.07 Å². The van der Waals surface area contributed by atoms with Gasteiger partial charge in [-0.2, -0.15) is 5.26 Å². The van der Waals surface area contributed by atoms with Crippen LogP contribution in [-0.2, 0) is 11.3 Å². The summed E-state index contributed by atoms with van der Waals surface area (Å²) in [6.45, 7) is 6.57. The number of fused-ring (bicyclic) bond motifs is 1. The van der Waals surface area contributed by atoms with Crippen molar-refractivity contribution in [1.29, 1.82) is 5.26 Å². The Hall–Kier alpha value is -2.60. The molecule has 0 bridgehead atoms. The van der Waals surface area contributed by atoms with Gasteiger partial charge in [0.25, 0.3) is 5.91 Å². The summed E-state index contributed by atoms with van der Waals surface area (Å²) in [6.07, 6.45) is 4.04. The molecule has 39 heavy (non-hydrogen) atoms. The number of likely N-dealkylation sites (N-methyl/N-ethyl adjacent to an activating group) is 1. The maximum atomic E-state index is 13.4. The van der Waals surface area contributed by atoms with Gasteiger partial charge >= 0.3 is 0 Å². The van der Waals surface area contributed by atoms with Crippen LogP contribution in [0.3, 0.4) is 0 Å². The van der Waals surface area contributed by atoms with E-state index < -0.39 is 6.04 Å². The fraction of sp³-hybridized carbons (Fsp3) is 0.633. The predicted octanol–water partition coefficient (Wildman–Crippen LogP) is 4.33. The highest BCUT2D eigenvalue weighted by atomic mass is 35.5. The van der Waals surface area contributed by atoms with Crippen molar-refractivity contribution in [2.75, 3.05) is 47.2 Å². The number of nitriles is 1. The Bertz CT molecular complexity index is 1090. The first-order chi connectivity index (χ1) is 18.6. The average Bonchev–Trinajstić information content (AvgIpc) is 3.26. The molecular formula is C30H47ClN6O2. The number of amides is 2. The van der Waals surface area contributed by atoms with Crippen LogP contribution in [0.15, 0.2) is 30.3 Å². The number of para-hydroxylation sites is 1. The topological polar surface area (TPSA) is 93.4 Å². The third-order valence-corrected chi connectivity index (χ3v) is 7.11. The summed E-state index contributed by atoms with van der Waals surface area (Å²) in [7, 11) is 8.04. The number of halogens is 1. The van der Waals surface area contributed by atoms with Gasteiger partial charge in [0, 0.05) is 42.5 Å². The minimum absolute atomic E-state index is 0.125. The molecule has 0 unspecified atom stereocenters. The number of alkyl halides is 1. The van der Waals surface area contributed by atoms with Crippen molar-refractivity contribution < 1.29 is 9.59 Å². The van der Waals surface area contributed by atoms with E-state index in [1.165, 1.54) is 0 Å². The quantitative estimate of drug-likeness (QED) is 0.400. The van der Waals surface area contributed by atoms with Crippen molar-refractivity contribution in [2.45, 2.75) is 64.6 Å². The zero-order chi connectivity index (χ0) is 28.9. The zero-order valence-electron chi connectivity index (χ0n) is 24.5. The van der Waals surface area contributed by atoms with Crippen LogP contribution in [0.25, 0.3) is 10.9 Å². The molecule has 1 heterocycles. The first-order valence-corrected chi connectivity index (χ1v) is 14.5. The van der Waals surface area contributed by atoms with Gasteiger partial charge in [0.1, 0.15) is 11.7 Å². The molecule has 3 rings (SSSR count). The molecule has 0 saturated heterocycles. The van der Waals surface area contributed by atoms with Crippen LogP contribution in [0.2, 0.25) is 0 Å². The standard InChI is InChI=1S/C26H37N5O2.C4H10ClN/c1-18(2)15-20(17-27)28-25(32)21-10-6-7-11-22(21)29-26(33)24-16-19-9-5-8-12-23(19)31(24)14-13-30(3)4;1-6(2)4-3-5/h5,8-9,12,16,18,20-22H,6-7,10-11,13-15H2,1-4H3,(H,28,32)(H,29,33);3-4H2,1-2H3/t20-,21+,22-;/m0./s1. The van der Waals surface area contributed by atoms with Gasteiger partial charge in [0.05, 0.1) is 12.0 Å². The summed E-state index contributed by atoms with van der Waals surface area (Å²) < 4.78 is 2.07. The summed E-state index contributed by atoms with van der Waals surface area (Å²) in [5, 5.41) is 16.5. The van der Waals surface area contributed by atoms with E-state index in [0.29, 0.717) is 24.6 Å². The number of carbonyl (C=O) groups is 2. The fourth-order valence-corrected chi connectivity index (χ4v) is 5.20. The summed E-state index contributed by atoms with van der Waals surface area (Å²) in [4.78, 5) is 30.6. The Labute approximate surface area is 239 Å². The predicted molar refractivity (Wildman–Crippen MR) is 160 cm³/mol. The van der Waals surface area contributed by atoms with Crippen LogP contribution in [0, 0.1) is 23.2 Å². The Morgan fingerprint density at radius 3 is 2.36 bits per heavy atom. The molecule has 1 fully saturated rings. The maximum Gasteiger partial charge on any atom is 0.268 e. The van der Waals surface area contributed by atoms with E-state index in [0.717, 1.165) is 55.6 Å². The Balaban J connectivity index is 0.000000798. The molecule has 1 saturated carbocycles. The van der Waals surface area contributed by atoms with E-state index in [1.807, 2.05) is 77.3 Å². The lowest BCUT2D eigenvalue weighted by atomic mass is 9.83. The third kappa shape index (κ3) is 10.5. The highest BCUT2D eigenvalue weighted by Crippen LogP contribution is 2.26. The molecule has 1 aliphatic rings. The normalized spacial score (nSPS) is 18.0. The molecule has 2 N–H and O–H groups in total. The van der Waals surface area contributed by atoms with E-state index >= 15 is 0 Å². The minimum Gasteiger partial charge on any atom is -0.347 e. The molecule has 1 aromatic heterocycles. The maximum absolute atomic E-state index is 13.4. The molecule has 1 aliphatic carbocycles. The lowest BCUT2D eigenvalue weighted by Crippen LogP contribution is -2.50. The molecule has 0 aliphatic heterocycles. The highest BCUT2D eigenvalue weighted by molar-refractivity contribution is 6.18. The van der Waals surface area contributed by atoms with Crippen LogP contribution in [0.1, 0.15) is 56.4 Å². The van der Waals surface area contributed by atoms with Crippen molar-refractivity contribution >= 4 is 34.3 Å². The van der Waals surface area contributed by atoms with Crippen LogP contribution >= 0.6 is 11.6 Å². The molecule has 9 heteroatoms. The Morgan fingerprint density at radius 2 is 1.77 bits per heavy atom. The average molecular weight is 559 g/mol. The first-order valence-electron chi connectivity index (χ1n) is 14.0. The zero-order valence-corrected chi connectivity index (χ0v) is 25.3. The van der Waals surface area contributed by atoms with Gasteiger partial charge in [0.2, 0.25) is 5.91 Å². The van der Waals surface area contributed by atoms with Gasteiger partial charge in [0.15, 0.2) is 0 Å². The van der Waals surface area contributed by atoms with E-state index in [2.05, 4.69) is 26.2 Å². The lowest BCUT2D eigenvalue weighted by Gasteiger charge is -2.32. The molecule has 2 aromatic rings. The number of carbonyl (C=O) groups excluding carboxylic acids is 2. The molecule has 8 nitrogen and oxygen atoms in total. The molecule has 0 spiro atoms. The highest BCUT2D eigenvalue weighted by Gasteiger charge is 2.33. The summed E-state index contributed by atoms with van der Waals surface area (Å²) in [5.41, 5.74) is 1.66. The molecule has 1 aromatic carbocycles. The monoisotopic (exact) mass is 558 g/mol. The molecule has 3 atom stereocenters. The van der Waals surface area contributed by atoms with Crippen molar-refractivity contribution in [3.63, 3.8) is 0 Å². The number of hydrogen-bond acceptors (Lipinski definition) is 5. The fourth-order valence-electron chi connectivity index (χ4n) is 4.86. The SMILES string of the molecule is CC(C)C[C@@H](C#N)NC(=O)[C@@H]1CCCC[C@@H]1NC(=O)c1cc2ccccc2n1CCN(C)C.CN(C)CCCl. The largest absolute Gasteiger partial charge is 0.347 e. The lowest BCUT2D eigenvalue weighted by molar-refractivity contribution is -0.127. The number of hydrogen-bond donors (Lipinski definition) is 2. The first kappa shape index (κ1) is 32.6. The van der Waals surface area contributed by atoms with Gasteiger partial charge in [-0.05, 0) is 65.5 Å². The van der Waals surface area contributed by atoms with E-state index in [-0.39, 0.29) is 23.8 Å². The van der Waals surface area contributed by atoms with E-state index in [4.69, 9.17) is 11.6 Å². The smallest absolute Gasteiger partial charge is 0.268 e. The number of nitrogens with one attached hydrogen (secondary N) is 2. The van der Waals surface area contributed by atoms with Gasteiger partial charge in [-0.15, -0.1) is 11.6 Å². The minimum atomic E-state index is -0.496. The van der Waals surface area contributed by atoms with Gasteiger partial charge in [-0.25, -0.2) is 0 Å². The van der Waals surface area contributed by atoms with Crippen LogP contribution < -0.4 is 10.6 Å². The molecule has 216 valence electrons. The van der Waals surface area contributed by atoms with Gasteiger partial charge < -0.3 is 25.0 Å². The second kappa shape index (κ2) is 16.5. The van der Waals surface area contributed by atoms with Crippen LogP contribution in [-0.4, -0.2) is 85.4 Å². The summed E-state index contributed by atoms with van der Waals surface area (Å²) >= 11 is 5.35. The summed E-state index contributed by atoms with van der Waals surface area (Å²) in [5.74, 6) is 0.465. The summed E-state index contributed by atoms with van der Waals surface area (Å²) in [6, 6.07) is 11.4. The Kier molecular flexibility index (Phi) is 13.8. The van der Waals surface area contributed by atoms with Gasteiger partial charge in [-0.1, -0.05) is 44.9 Å². The molecular weight excluding hydrogens is 512 g/mol. The molecule has 2 amide bonds.